The van der Waals surface area contributed by atoms with Gasteiger partial charge in [0.25, 0.3) is 0 Å². The Bertz CT molecular complexity index is 781. The van der Waals surface area contributed by atoms with E-state index in [1.807, 2.05) is 28.0 Å². The summed E-state index contributed by atoms with van der Waals surface area (Å²) < 4.78 is 0. The number of rotatable bonds is 3. The van der Waals surface area contributed by atoms with Crippen molar-refractivity contribution in [2.75, 3.05) is 26.2 Å². The third-order valence-electron chi connectivity index (χ3n) is 4.76. The first-order chi connectivity index (χ1) is 11.9. The van der Waals surface area contributed by atoms with Crippen molar-refractivity contribution >= 4 is 22.8 Å². The van der Waals surface area contributed by atoms with Gasteiger partial charge in [-0.2, -0.15) is 0 Å². The Hall–Kier alpha value is -2.37. The summed E-state index contributed by atoms with van der Waals surface area (Å²) in [6.07, 6.45) is 1.22. The minimum absolute atomic E-state index is 0.0833. The van der Waals surface area contributed by atoms with E-state index in [0.29, 0.717) is 32.0 Å². The second kappa shape index (κ2) is 7.25. The van der Waals surface area contributed by atoms with Gasteiger partial charge < -0.3 is 14.8 Å². The van der Waals surface area contributed by atoms with E-state index in [0.717, 1.165) is 35.4 Å². The number of nitrogens with zero attached hydrogens (tertiary/aromatic N) is 3. The number of benzene rings is 1. The van der Waals surface area contributed by atoms with Gasteiger partial charge in [-0.15, -0.1) is 0 Å². The Morgan fingerprint density at radius 1 is 1.16 bits per heavy atom. The van der Waals surface area contributed by atoms with Crippen molar-refractivity contribution in [3.05, 3.63) is 29.6 Å². The van der Waals surface area contributed by atoms with Crippen LogP contribution in [0.3, 0.4) is 0 Å². The van der Waals surface area contributed by atoms with Crippen LogP contribution in [0.15, 0.2) is 18.2 Å². The van der Waals surface area contributed by atoms with E-state index >= 15 is 0 Å². The lowest BCUT2D eigenvalue weighted by Gasteiger charge is -2.21. The Balaban J connectivity index is 1.68. The van der Waals surface area contributed by atoms with Gasteiger partial charge in [-0.25, -0.2) is 4.98 Å². The molecule has 6 heteroatoms. The van der Waals surface area contributed by atoms with Crippen molar-refractivity contribution < 1.29 is 9.59 Å². The predicted octanol–water partition coefficient (Wildman–Crippen LogP) is 2.31. The molecule has 6 nitrogen and oxygen atoms in total. The van der Waals surface area contributed by atoms with Crippen molar-refractivity contribution in [3.63, 3.8) is 0 Å². The summed E-state index contributed by atoms with van der Waals surface area (Å²) in [5, 5.41) is 0. The molecule has 0 spiro atoms. The molecule has 1 aliphatic heterocycles. The van der Waals surface area contributed by atoms with Crippen LogP contribution in [-0.4, -0.2) is 57.8 Å². The Kier molecular flexibility index (Phi) is 5.06. The van der Waals surface area contributed by atoms with Crippen LogP contribution in [0.1, 0.15) is 44.5 Å². The maximum absolute atomic E-state index is 12.6. The zero-order chi connectivity index (χ0) is 18.0. The first-order valence-electron chi connectivity index (χ1n) is 8.96. The van der Waals surface area contributed by atoms with Gasteiger partial charge in [0.2, 0.25) is 11.8 Å². The molecule has 0 radical (unpaired) electrons. The molecule has 0 atom stereocenters. The lowest BCUT2D eigenvalue weighted by atomic mass is 10.1. The van der Waals surface area contributed by atoms with Gasteiger partial charge in [-0.1, -0.05) is 19.9 Å². The van der Waals surface area contributed by atoms with Crippen LogP contribution in [0.4, 0.5) is 0 Å². The molecule has 0 aliphatic carbocycles. The summed E-state index contributed by atoms with van der Waals surface area (Å²) in [5.74, 6) is 1.52. The lowest BCUT2D eigenvalue weighted by Crippen LogP contribution is -2.37. The van der Waals surface area contributed by atoms with E-state index in [1.165, 1.54) is 0 Å². The van der Waals surface area contributed by atoms with Crippen molar-refractivity contribution in [2.24, 2.45) is 0 Å². The third-order valence-corrected chi connectivity index (χ3v) is 4.76. The van der Waals surface area contributed by atoms with Crippen molar-refractivity contribution in [3.8, 4) is 0 Å². The summed E-state index contributed by atoms with van der Waals surface area (Å²) in [7, 11) is 0. The average molecular weight is 342 g/mol. The molecular weight excluding hydrogens is 316 g/mol. The topological polar surface area (TPSA) is 69.3 Å². The fraction of sp³-hybridized carbons (Fsp3) is 0.526. The van der Waals surface area contributed by atoms with Crippen LogP contribution in [0.25, 0.3) is 11.0 Å². The molecule has 2 heterocycles. The highest BCUT2D eigenvalue weighted by atomic mass is 16.2. The molecule has 25 heavy (non-hydrogen) atoms. The van der Waals surface area contributed by atoms with Crippen LogP contribution < -0.4 is 0 Å². The molecule has 1 fully saturated rings. The monoisotopic (exact) mass is 342 g/mol. The lowest BCUT2D eigenvalue weighted by molar-refractivity contribution is -0.132. The van der Waals surface area contributed by atoms with Crippen LogP contribution >= 0.6 is 0 Å². The second-order valence-corrected chi connectivity index (χ2v) is 7.05. The van der Waals surface area contributed by atoms with Gasteiger partial charge in [0.1, 0.15) is 5.82 Å². The summed E-state index contributed by atoms with van der Waals surface area (Å²) >= 11 is 0. The molecule has 3 rings (SSSR count). The quantitative estimate of drug-likeness (QED) is 0.930. The Morgan fingerprint density at radius 3 is 2.60 bits per heavy atom. The molecule has 134 valence electrons. The minimum Gasteiger partial charge on any atom is -0.342 e. The highest BCUT2D eigenvalue weighted by molar-refractivity contribution is 5.82. The zero-order valence-electron chi connectivity index (χ0n) is 15.2. The van der Waals surface area contributed by atoms with Gasteiger partial charge in [-0.3, -0.25) is 9.59 Å². The van der Waals surface area contributed by atoms with Gasteiger partial charge >= 0.3 is 0 Å². The minimum atomic E-state index is 0.0833. The summed E-state index contributed by atoms with van der Waals surface area (Å²) in [4.78, 5) is 35.7. The molecular formula is C19H26N4O2. The first-order valence-corrected chi connectivity index (χ1v) is 8.96. The maximum atomic E-state index is 12.6. The number of carbonyl (C=O) groups excluding carboxylic acids is 2. The van der Waals surface area contributed by atoms with E-state index in [2.05, 4.69) is 23.8 Å². The number of fused-ring (bicyclic) bond motifs is 1. The van der Waals surface area contributed by atoms with E-state index in [9.17, 15) is 9.59 Å². The van der Waals surface area contributed by atoms with Gasteiger partial charge in [0.05, 0.1) is 17.5 Å². The second-order valence-electron chi connectivity index (χ2n) is 7.05. The first kappa shape index (κ1) is 17.5. The largest absolute Gasteiger partial charge is 0.342 e. The molecule has 0 saturated carbocycles. The van der Waals surface area contributed by atoms with Gasteiger partial charge in [0, 0.05) is 39.0 Å². The molecule has 1 saturated heterocycles. The fourth-order valence-electron chi connectivity index (χ4n) is 3.23. The van der Waals surface area contributed by atoms with Crippen LogP contribution in [0.2, 0.25) is 0 Å². The molecule has 0 bridgehead atoms. The SMILES string of the molecule is CC(=O)N1CCCN(C(=O)Cc2ccc3nc(C(C)C)[nH]c3c2)CC1. The number of H-pyrrole nitrogens is 1. The van der Waals surface area contributed by atoms with E-state index in [4.69, 9.17) is 0 Å². The zero-order valence-corrected chi connectivity index (χ0v) is 15.2. The van der Waals surface area contributed by atoms with Gasteiger partial charge in [-0.05, 0) is 24.1 Å². The van der Waals surface area contributed by atoms with Crippen molar-refractivity contribution in [1.82, 2.24) is 19.8 Å². The molecule has 2 amide bonds. The molecule has 1 N–H and O–H groups in total. The van der Waals surface area contributed by atoms with Crippen molar-refractivity contribution in [2.45, 2.75) is 39.5 Å². The molecule has 2 aromatic rings. The standard InChI is InChI=1S/C19H26N4O2/c1-13(2)19-20-16-6-5-15(11-17(16)21-19)12-18(25)23-8-4-7-22(9-10-23)14(3)24/h5-6,11,13H,4,7-10,12H2,1-3H3,(H,20,21). The average Bonchev–Trinajstić information content (AvgIpc) is 2.82. The number of imidazole rings is 1. The number of nitrogens with one attached hydrogen (secondary N) is 1. The summed E-state index contributed by atoms with van der Waals surface area (Å²) in [6.45, 7) is 8.48. The predicted molar refractivity (Wildman–Crippen MR) is 97.3 cm³/mol. The van der Waals surface area contributed by atoms with E-state index < -0.39 is 0 Å². The molecule has 0 unspecified atom stereocenters. The third kappa shape index (κ3) is 4.00. The summed E-state index contributed by atoms with van der Waals surface area (Å²) in [6, 6.07) is 5.97. The molecule has 1 aromatic heterocycles. The fourth-order valence-corrected chi connectivity index (χ4v) is 3.23. The number of aromatic amines is 1. The Morgan fingerprint density at radius 2 is 1.88 bits per heavy atom. The summed E-state index contributed by atoms with van der Waals surface area (Å²) in [5.41, 5.74) is 2.91. The number of amides is 2. The van der Waals surface area contributed by atoms with Crippen LogP contribution in [-0.2, 0) is 16.0 Å². The Labute approximate surface area is 148 Å². The number of carbonyl (C=O) groups is 2. The van der Waals surface area contributed by atoms with Crippen LogP contribution in [0.5, 0.6) is 0 Å². The smallest absolute Gasteiger partial charge is 0.227 e. The normalized spacial score (nSPS) is 15.7. The van der Waals surface area contributed by atoms with Crippen molar-refractivity contribution in [1.29, 1.82) is 0 Å². The van der Waals surface area contributed by atoms with Gasteiger partial charge in [0.15, 0.2) is 0 Å². The number of hydrogen-bond donors (Lipinski definition) is 1. The van der Waals surface area contributed by atoms with Crippen LogP contribution in [0, 0.1) is 0 Å². The molecule has 1 aromatic carbocycles. The molecule has 1 aliphatic rings. The maximum Gasteiger partial charge on any atom is 0.227 e. The van der Waals surface area contributed by atoms with E-state index in [1.54, 1.807) is 6.92 Å². The highest BCUT2D eigenvalue weighted by Gasteiger charge is 2.20. The number of hydrogen-bond acceptors (Lipinski definition) is 3. The van der Waals surface area contributed by atoms with E-state index in [-0.39, 0.29) is 11.8 Å². The highest BCUT2D eigenvalue weighted by Crippen LogP contribution is 2.19. The number of aromatic nitrogens is 2.